The number of aryl methyl sites for hydroxylation is 3. The predicted octanol–water partition coefficient (Wildman–Crippen LogP) is 3.93. The normalized spacial score (nSPS) is 11.0. The Morgan fingerprint density at radius 2 is 2.08 bits per heavy atom. The molecule has 0 atom stereocenters. The zero-order valence-corrected chi connectivity index (χ0v) is 15.8. The van der Waals surface area contributed by atoms with E-state index in [2.05, 4.69) is 10.3 Å². The molecule has 7 heteroatoms. The fraction of sp³-hybridized carbons (Fsp3) is 0.278. The average Bonchev–Trinajstić information content (AvgIpc) is 2.98. The van der Waals surface area contributed by atoms with Gasteiger partial charge in [0.25, 0.3) is 5.56 Å². The lowest BCUT2D eigenvalue weighted by atomic mass is 10.2. The van der Waals surface area contributed by atoms with Crippen LogP contribution in [0.15, 0.2) is 29.1 Å². The van der Waals surface area contributed by atoms with E-state index in [4.69, 9.17) is 11.6 Å². The first-order valence-electron chi connectivity index (χ1n) is 7.95. The summed E-state index contributed by atoms with van der Waals surface area (Å²) in [7, 11) is 0. The highest BCUT2D eigenvalue weighted by Crippen LogP contribution is 2.22. The van der Waals surface area contributed by atoms with Crippen LogP contribution in [0.5, 0.6) is 0 Å². The predicted molar refractivity (Wildman–Crippen MR) is 103 cm³/mol. The first-order valence-corrected chi connectivity index (χ1v) is 9.14. The quantitative estimate of drug-likeness (QED) is 0.751. The van der Waals surface area contributed by atoms with Crippen LogP contribution >= 0.6 is 22.9 Å². The highest BCUT2D eigenvalue weighted by Gasteiger charge is 2.14. The van der Waals surface area contributed by atoms with Crippen molar-refractivity contribution in [3.05, 3.63) is 55.9 Å². The molecule has 1 amide bonds. The average molecular weight is 376 g/mol. The van der Waals surface area contributed by atoms with Crippen molar-refractivity contribution in [2.24, 2.45) is 0 Å². The molecule has 25 heavy (non-hydrogen) atoms. The van der Waals surface area contributed by atoms with Crippen molar-refractivity contribution in [3.63, 3.8) is 0 Å². The van der Waals surface area contributed by atoms with Crippen LogP contribution in [-0.4, -0.2) is 15.5 Å². The van der Waals surface area contributed by atoms with Gasteiger partial charge in [0, 0.05) is 15.6 Å². The molecule has 3 rings (SSSR count). The van der Waals surface area contributed by atoms with E-state index in [9.17, 15) is 9.59 Å². The van der Waals surface area contributed by atoms with Crippen LogP contribution in [0.25, 0.3) is 10.2 Å². The van der Waals surface area contributed by atoms with Gasteiger partial charge in [-0.3, -0.25) is 14.2 Å². The molecular formula is C18H18ClN3O2S. The van der Waals surface area contributed by atoms with E-state index in [1.165, 1.54) is 15.9 Å². The van der Waals surface area contributed by atoms with Crippen molar-refractivity contribution in [3.8, 4) is 0 Å². The summed E-state index contributed by atoms with van der Waals surface area (Å²) in [5, 5.41) is 3.92. The van der Waals surface area contributed by atoms with E-state index >= 15 is 0 Å². The van der Waals surface area contributed by atoms with Crippen molar-refractivity contribution in [1.82, 2.24) is 9.55 Å². The molecule has 0 aliphatic carbocycles. The standard InChI is InChI=1S/C18H18ClN3O2S/c1-4-13-8-14-17(25-13)20-11(3)22(18(14)24)9-16(23)21-15-7-12(19)6-5-10(15)2/h5-8H,4,9H2,1-3H3,(H,21,23). The molecule has 2 heterocycles. The Hall–Kier alpha value is -2.18. The molecule has 130 valence electrons. The van der Waals surface area contributed by atoms with E-state index in [-0.39, 0.29) is 18.0 Å². The maximum Gasteiger partial charge on any atom is 0.262 e. The van der Waals surface area contributed by atoms with Gasteiger partial charge in [-0.2, -0.15) is 0 Å². The van der Waals surface area contributed by atoms with Gasteiger partial charge < -0.3 is 5.32 Å². The molecule has 0 unspecified atom stereocenters. The second-order valence-electron chi connectivity index (χ2n) is 5.84. The van der Waals surface area contributed by atoms with Gasteiger partial charge >= 0.3 is 0 Å². The first-order chi connectivity index (χ1) is 11.9. The van der Waals surface area contributed by atoms with Gasteiger partial charge in [-0.05, 0) is 44.0 Å². The van der Waals surface area contributed by atoms with Crippen LogP contribution in [0.4, 0.5) is 5.69 Å². The molecule has 0 aliphatic heterocycles. The summed E-state index contributed by atoms with van der Waals surface area (Å²) in [6.45, 7) is 5.58. The van der Waals surface area contributed by atoms with Crippen LogP contribution in [0.2, 0.25) is 5.02 Å². The Morgan fingerprint density at radius 3 is 2.80 bits per heavy atom. The summed E-state index contributed by atoms with van der Waals surface area (Å²) < 4.78 is 1.41. The molecule has 0 bridgehead atoms. The Labute approximate surface area is 154 Å². The van der Waals surface area contributed by atoms with Gasteiger partial charge in [0.15, 0.2) is 0 Å². The van der Waals surface area contributed by atoms with Gasteiger partial charge in [-0.1, -0.05) is 24.6 Å². The lowest BCUT2D eigenvalue weighted by Crippen LogP contribution is -2.30. The number of carbonyl (C=O) groups excluding carboxylic acids is 1. The second-order valence-corrected chi connectivity index (χ2v) is 7.39. The van der Waals surface area contributed by atoms with Crippen LogP contribution in [0.3, 0.4) is 0 Å². The Bertz CT molecular complexity index is 1020. The number of amides is 1. The van der Waals surface area contributed by atoms with E-state index in [0.717, 1.165) is 21.7 Å². The van der Waals surface area contributed by atoms with Gasteiger partial charge in [0.2, 0.25) is 5.91 Å². The molecular weight excluding hydrogens is 358 g/mol. The summed E-state index contributed by atoms with van der Waals surface area (Å²) in [6.07, 6.45) is 0.855. The Morgan fingerprint density at radius 1 is 1.32 bits per heavy atom. The van der Waals surface area contributed by atoms with E-state index in [1.54, 1.807) is 19.1 Å². The summed E-state index contributed by atoms with van der Waals surface area (Å²) in [6, 6.07) is 7.16. The third kappa shape index (κ3) is 3.60. The maximum absolute atomic E-state index is 12.7. The fourth-order valence-corrected chi connectivity index (χ4v) is 3.77. The number of anilines is 1. The Kier molecular flexibility index (Phi) is 4.92. The van der Waals surface area contributed by atoms with Crippen LogP contribution in [-0.2, 0) is 17.8 Å². The zero-order valence-electron chi connectivity index (χ0n) is 14.2. The highest BCUT2D eigenvalue weighted by atomic mass is 35.5. The molecule has 3 aromatic rings. The van der Waals surface area contributed by atoms with Crippen molar-refractivity contribution >= 4 is 44.7 Å². The number of halogens is 1. The molecule has 2 aromatic heterocycles. The van der Waals surface area contributed by atoms with Gasteiger partial charge in [0.1, 0.15) is 17.2 Å². The third-order valence-corrected chi connectivity index (χ3v) is 5.43. The monoisotopic (exact) mass is 375 g/mol. The largest absolute Gasteiger partial charge is 0.324 e. The molecule has 0 saturated heterocycles. The molecule has 0 radical (unpaired) electrons. The van der Waals surface area contributed by atoms with Crippen molar-refractivity contribution in [2.75, 3.05) is 5.32 Å². The van der Waals surface area contributed by atoms with Gasteiger partial charge in [-0.15, -0.1) is 11.3 Å². The van der Waals surface area contributed by atoms with Crippen LogP contribution in [0, 0.1) is 13.8 Å². The number of fused-ring (bicyclic) bond motifs is 1. The summed E-state index contributed by atoms with van der Waals surface area (Å²) in [5.74, 6) is 0.239. The molecule has 1 aromatic carbocycles. The number of benzene rings is 1. The minimum absolute atomic E-state index is 0.0864. The molecule has 1 N–H and O–H groups in total. The second kappa shape index (κ2) is 6.98. The first kappa shape index (κ1) is 17.6. The summed E-state index contributed by atoms with van der Waals surface area (Å²) >= 11 is 7.50. The number of hydrogen-bond donors (Lipinski definition) is 1. The molecule has 0 fully saturated rings. The zero-order chi connectivity index (χ0) is 18.1. The summed E-state index contributed by atoms with van der Waals surface area (Å²) in [5.41, 5.74) is 1.36. The van der Waals surface area contributed by atoms with Crippen molar-refractivity contribution in [2.45, 2.75) is 33.7 Å². The number of hydrogen-bond acceptors (Lipinski definition) is 4. The van der Waals surface area contributed by atoms with E-state index in [0.29, 0.717) is 21.9 Å². The number of nitrogens with one attached hydrogen (secondary N) is 1. The number of nitrogens with zero attached hydrogens (tertiary/aromatic N) is 2. The fourth-order valence-electron chi connectivity index (χ4n) is 2.59. The van der Waals surface area contributed by atoms with E-state index < -0.39 is 0 Å². The number of thiophene rings is 1. The van der Waals surface area contributed by atoms with Crippen LogP contribution < -0.4 is 10.9 Å². The molecule has 5 nitrogen and oxygen atoms in total. The smallest absolute Gasteiger partial charge is 0.262 e. The van der Waals surface area contributed by atoms with Crippen molar-refractivity contribution < 1.29 is 4.79 Å². The summed E-state index contributed by atoms with van der Waals surface area (Å²) in [4.78, 5) is 31.4. The third-order valence-electron chi connectivity index (χ3n) is 4.02. The topological polar surface area (TPSA) is 64.0 Å². The lowest BCUT2D eigenvalue weighted by Gasteiger charge is -2.11. The number of rotatable bonds is 4. The van der Waals surface area contributed by atoms with E-state index in [1.807, 2.05) is 26.0 Å². The lowest BCUT2D eigenvalue weighted by molar-refractivity contribution is -0.116. The Balaban J connectivity index is 1.90. The van der Waals surface area contributed by atoms with Crippen LogP contribution in [0.1, 0.15) is 23.2 Å². The van der Waals surface area contributed by atoms with Crippen molar-refractivity contribution in [1.29, 1.82) is 0 Å². The molecule has 0 saturated carbocycles. The highest BCUT2D eigenvalue weighted by molar-refractivity contribution is 7.18. The number of carbonyl (C=O) groups is 1. The van der Waals surface area contributed by atoms with Gasteiger partial charge in [0.05, 0.1) is 5.39 Å². The minimum atomic E-state index is -0.289. The van der Waals surface area contributed by atoms with Gasteiger partial charge in [-0.25, -0.2) is 4.98 Å². The minimum Gasteiger partial charge on any atom is -0.324 e. The number of aromatic nitrogens is 2. The molecule has 0 spiro atoms. The SMILES string of the molecule is CCc1cc2c(=O)n(CC(=O)Nc3cc(Cl)ccc3C)c(C)nc2s1. The maximum atomic E-state index is 12.7. The molecule has 0 aliphatic rings.